The van der Waals surface area contributed by atoms with E-state index in [0.717, 1.165) is 39.1 Å². The van der Waals surface area contributed by atoms with Crippen LogP contribution in [0.5, 0.6) is 0 Å². The summed E-state index contributed by atoms with van der Waals surface area (Å²) in [5.74, 6) is 2.08. The fraction of sp³-hybridized carbons (Fsp3) is 0.933. The lowest BCUT2D eigenvalue weighted by atomic mass is 9.79. The van der Waals surface area contributed by atoms with E-state index in [4.69, 9.17) is 4.74 Å². The predicted octanol–water partition coefficient (Wildman–Crippen LogP) is 1.59. The Morgan fingerprint density at radius 2 is 1.95 bits per heavy atom. The van der Waals surface area contributed by atoms with E-state index in [1.165, 1.54) is 19.3 Å². The van der Waals surface area contributed by atoms with Gasteiger partial charge in [0, 0.05) is 25.0 Å². The number of fused-ring (bicyclic) bond motifs is 1. The molecule has 3 fully saturated rings. The lowest BCUT2D eigenvalue weighted by Gasteiger charge is -2.37. The van der Waals surface area contributed by atoms with E-state index in [1.54, 1.807) is 7.11 Å². The summed E-state index contributed by atoms with van der Waals surface area (Å²) >= 11 is 0. The van der Waals surface area contributed by atoms with Gasteiger partial charge >= 0.3 is 0 Å². The van der Waals surface area contributed by atoms with Crippen molar-refractivity contribution in [3.63, 3.8) is 0 Å². The SMILES string of the molecule is COCC1(CNC(=O)C2C3CCCC32)CCNCC1.Cl. The number of nitrogens with one attached hydrogen (secondary N) is 2. The second-order valence-corrected chi connectivity index (χ2v) is 6.69. The first kappa shape index (κ1) is 16.1. The summed E-state index contributed by atoms with van der Waals surface area (Å²) in [4.78, 5) is 12.2. The van der Waals surface area contributed by atoms with Gasteiger partial charge in [0.05, 0.1) is 6.61 Å². The van der Waals surface area contributed by atoms with E-state index in [9.17, 15) is 4.79 Å². The van der Waals surface area contributed by atoms with E-state index in [2.05, 4.69) is 10.6 Å². The van der Waals surface area contributed by atoms with Gasteiger partial charge in [0.2, 0.25) is 5.91 Å². The molecule has 0 aromatic heterocycles. The molecule has 0 spiro atoms. The summed E-state index contributed by atoms with van der Waals surface area (Å²) in [5, 5.41) is 6.61. The maximum atomic E-state index is 12.2. The Labute approximate surface area is 127 Å². The van der Waals surface area contributed by atoms with Crippen molar-refractivity contribution < 1.29 is 9.53 Å². The van der Waals surface area contributed by atoms with E-state index < -0.39 is 0 Å². The van der Waals surface area contributed by atoms with Crippen LogP contribution in [-0.4, -0.2) is 39.3 Å². The lowest BCUT2D eigenvalue weighted by Crippen LogP contribution is -2.47. The molecule has 0 aromatic carbocycles. The van der Waals surface area contributed by atoms with Crippen molar-refractivity contribution in [1.29, 1.82) is 0 Å². The highest BCUT2D eigenvalue weighted by Gasteiger charge is 2.56. The van der Waals surface area contributed by atoms with Gasteiger partial charge in [0.15, 0.2) is 0 Å². The van der Waals surface area contributed by atoms with Gasteiger partial charge in [-0.05, 0) is 50.6 Å². The van der Waals surface area contributed by atoms with Gasteiger partial charge in [0.1, 0.15) is 0 Å². The van der Waals surface area contributed by atoms with Crippen molar-refractivity contribution in [3.05, 3.63) is 0 Å². The molecule has 1 saturated heterocycles. The molecule has 20 heavy (non-hydrogen) atoms. The van der Waals surface area contributed by atoms with Crippen LogP contribution in [0.2, 0.25) is 0 Å². The fourth-order valence-corrected chi connectivity index (χ4v) is 4.24. The van der Waals surface area contributed by atoms with Crippen LogP contribution >= 0.6 is 12.4 Å². The topological polar surface area (TPSA) is 50.4 Å². The summed E-state index contributed by atoms with van der Waals surface area (Å²) in [6, 6.07) is 0. The number of ether oxygens (including phenoxy) is 1. The first-order chi connectivity index (χ1) is 9.26. The Morgan fingerprint density at radius 1 is 1.30 bits per heavy atom. The first-order valence-corrected chi connectivity index (χ1v) is 7.73. The summed E-state index contributed by atoms with van der Waals surface area (Å²) in [6.45, 7) is 3.62. The van der Waals surface area contributed by atoms with E-state index in [0.29, 0.717) is 23.7 Å². The number of carbonyl (C=O) groups excluding carboxylic acids is 1. The summed E-state index contributed by atoms with van der Waals surface area (Å²) < 4.78 is 5.39. The highest BCUT2D eigenvalue weighted by molar-refractivity contribution is 5.85. The maximum Gasteiger partial charge on any atom is 0.223 e. The number of hydrogen-bond acceptors (Lipinski definition) is 3. The van der Waals surface area contributed by atoms with Crippen molar-refractivity contribution in [2.45, 2.75) is 32.1 Å². The van der Waals surface area contributed by atoms with Crippen molar-refractivity contribution >= 4 is 18.3 Å². The summed E-state index contributed by atoms with van der Waals surface area (Å²) in [5.41, 5.74) is 0.152. The zero-order valence-corrected chi connectivity index (χ0v) is 13.1. The number of carbonyl (C=O) groups is 1. The Morgan fingerprint density at radius 3 is 2.55 bits per heavy atom. The molecule has 2 aliphatic carbocycles. The Kier molecular flexibility index (Phi) is 5.32. The third kappa shape index (κ3) is 3.12. The molecule has 5 heteroatoms. The van der Waals surface area contributed by atoms with Crippen LogP contribution in [0.3, 0.4) is 0 Å². The highest BCUT2D eigenvalue weighted by atomic mass is 35.5. The molecule has 2 N–H and O–H groups in total. The zero-order chi connectivity index (χ0) is 13.3. The van der Waals surface area contributed by atoms with Gasteiger partial charge in [-0.3, -0.25) is 4.79 Å². The van der Waals surface area contributed by atoms with Crippen LogP contribution in [0.25, 0.3) is 0 Å². The normalized spacial score (nSPS) is 34.0. The van der Waals surface area contributed by atoms with E-state index in [1.807, 2.05) is 0 Å². The van der Waals surface area contributed by atoms with Crippen molar-refractivity contribution in [1.82, 2.24) is 10.6 Å². The Balaban J connectivity index is 0.00000147. The fourth-order valence-electron chi connectivity index (χ4n) is 4.24. The molecule has 116 valence electrons. The van der Waals surface area contributed by atoms with Crippen molar-refractivity contribution in [2.75, 3.05) is 33.4 Å². The minimum Gasteiger partial charge on any atom is -0.384 e. The van der Waals surface area contributed by atoms with Gasteiger partial charge in [-0.25, -0.2) is 0 Å². The van der Waals surface area contributed by atoms with Crippen molar-refractivity contribution in [3.8, 4) is 0 Å². The molecule has 0 aromatic rings. The smallest absolute Gasteiger partial charge is 0.223 e. The van der Waals surface area contributed by atoms with E-state index in [-0.39, 0.29) is 17.8 Å². The number of piperidine rings is 1. The zero-order valence-electron chi connectivity index (χ0n) is 12.3. The van der Waals surface area contributed by atoms with Crippen LogP contribution in [0.4, 0.5) is 0 Å². The highest BCUT2D eigenvalue weighted by Crippen LogP contribution is 2.57. The summed E-state index contributed by atoms with van der Waals surface area (Å²) in [7, 11) is 1.76. The van der Waals surface area contributed by atoms with Gasteiger partial charge in [0.25, 0.3) is 0 Å². The number of methoxy groups -OCH3 is 1. The van der Waals surface area contributed by atoms with Gasteiger partial charge in [-0.2, -0.15) is 0 Å². The molecule has 2 saturated carbocycles. The average molecular weight is 303 g/mol. The van der Waals surface area contributed by atoms with Crippen molar-refractivity contribution in [2.24, 2.45) is 23.2 Å². The second kappa shape index (κ2) is 6.63. The minimum absolute atomic E-state index is 0. The predicted molar refractivity (Wildman–Crippen MR) is 81.0 cm³/mol. The van der Waals surface area contributed by atoms with Crippen LogP contribution in [0, 0.1) is 23.2 Å². The van der Waals surface area contributed by atoms with Gasteiger partial charge in [-0.15, -0.1) is 12.4 Å². The molecule has 4 nitrogen and oxygen atoms in total. The molecule has 2 unspecified atom stereocenters. The second-order valence-electron chi connectivity index (χ2n) is 6.69. The minimum atomic E-state index is 0. The van der Waals surface area contributed by atoms with Crippen LogP contribution < -0.4 is 10.6 Å². The van der Waals surface area contributed by atoms with Crippen LogP contribution in [0.15, 0.2) is 0 Å². The monoisotopic (exact) mass is 302 g/mol. The molecule has 3 aliphatic rings. The van der Waals surface area contributed by atoms with Crippen LogP contribution in [-0.2, 0) is 9.53 Å². The molecule has 3 rings (SSSR count). The molecular weight excluding hydrogens is 276 g/mol. The largest absolute Gasteiger partial charge is 0.384 e. The third-order valence-electron chi connectivity index (χ3n) is 5.46. The molecule has 1 heterocycles. The third-order valence-corrected chi connectivity index (χ3v) is 5.46. The average Bonchev–Trinajstić information content (AvgIpc) is 2.91. The van der Waals surface area contributed by atoms with Gasteiger partial charge in [-0.1, -0.05) is 6.42 Å². The Bertz CT molecular complexity index is 329. The molecule has 0 radical (unpaired) electrons. The quantitative estimate of drug-likeness (QED) is 0.811. The number of rotatable bonds is 5. The van der Waals surface area contributed by atoms with Gasteiger partial charge < -0.3 is 15.4 Å². The number of amides is 1. The lowest BCUT2D eigenvalue weighted by molar-refractivity contribution is -0.124. The number of halogens is 1. The molecule has 0 bridgehead atoms. The van der Waals surface area contributed by atoms with Crippen LogP contribution in [0.1, 0.15) is 32.1 Å². The molecular formula is C15H27ClN2O2. The first-order valence-electron chi connectivity index (χ1n) is 7.73. The maximum absolute atomic E-state index is 12.2. The summed E-state index contributed by atoms with van der Waals surface area (Å²) in [6.07, 6.45) is 6.07. The molecule has 2 atom stereocenters. The molecule has 1 aliphatic heterocycles. The molecule has 1 amide bonds. The number of hydrogen-bond donors (Lipinski definition) is 2. The standard InChI is InChI=1S/C15H26N2O2.ClH/c1-19-10-15(5-7-16-8-6-15)9-17-14(18)13-11-3-2-4-12(11)13;/h11-13,16H,2-10H2,1H3,(H,17,18);1H. The Hall–Kier alpha value is -0.320. The van der Waals surface area contributed by atoms with E-state index >= 15 is 0 Å².